The van der Waals surface area contributed by atoms with Gasteiger partial charge in [0.1, 0.15) is 11.6 Å². The SMILES string of the molecule is Nc1cc(=O)[nH]c(SCC(=O)Nc2cc(=O)[nH]c(=O)n2CCc2ccccc2)n1. The Kier molecular flexibility index (Phi) is 6.29. The molecule has 1 aromatic carbocycles. The third-order valence-corrected chi connectivity index (χ3v) is 4.72. The predicted molar refractivity (Wildman–Crippen MR) is 110 cm³/mol. The van der Waals surface area contributed by atoms with Crippen LogP contribution in [0.3, 0.4) is 0 Å². The number of thioether (sulfide) groups is 1. The van der Waals surface area contributed by atoms with Crippen molar-refractivity contribution in [3.05, 3.63) is 79.2 Å². The van der Waals surface area contributed by atoms with Crippen LogP contribution in [0.4, 0.5) is 11.6 Å². The first kappa shape index (κ1) is 20.1. The minimum absolute atomic E-state index is 0.0426. The van der Waals surface area contributed by atoms with E-state index in [-0.39, 0.29) is 29.1 Å². The fourth-order valence-electron chi connectivity index (χ4n) is 2.57. The number of hydrogen-bond acceptors (Lipinski definition) is 7. The second kappa shape index (κ2) is 9.06. The molecule has 2 heterocycles. The number of nitrogens with zero attached hydrogens (tertiary/aromatic N) is 2. The lowest BCUT2D eigenvalue weighted by Crippen LogP contribution is -2.33. The van der Waals surface area contributed by atoms with Crippen molar-refractivity contribution in [3.8, 4) is 0 Å². The Labute approximate surface area is 168 Å². The lowest BCUT2D eigenvalue weighted by molar-refractivity contribution is -0.113. The van der Waals surface area contributed by atoms with Gasteiger partial charge < -0.3 is 16.0 Å². The molecule has 10 nitrogen and oxygen atoms in total. The van der Waals surface area contributed by atoms with Gasteiger partial charge in [0.2, 0.25) is 5.91 Å². The molecule has 0 atom stereocenters. The van der Waals surface area contributed by atoms with Crippen molar-refractivity contribution in [2.24, 2.45) is 0 Å². The van der Waals surface area contributed by atoms with Crippen molar-refractivity contribution in [1.82, 2.24) is 19.5 Å². The van der Waals surface area contributed by atoms with E-state index in [2.05, 4.69) is 20.3 Å². The standard InChI is InChI=1S/C18H18N6O4S/c19-12-8-14(25)22-17(20-12)29-10-16(27)21-13-9-15(26)23-18(28)24(13)7-6-11-4-2-1-3-5-11/h1-5,8-9H,6-7,10H2,(H,21,27)(H,23,26,28)(H3,19,20,22,25). The van der Waals surface area contributed by atoms with Crippen molar-refractivity contribution < 1.29 is 4.79 Å². The van der Waals surface area contributed by atoms with Crippen LogP contribution in [0.1, 0.15) is 5.56 Å². The third-order valence-electron chi connectivity index (χ3n) is 3.85. The highest BCUT2D eigenvalue weighted by Crippen LogP contribution is 2.13. The molecule has 1 amide bonds. The van der Waals surface area contributed by atoms with Crippen molar-refractivity contribution >= 4 is 29.3 Å². The van der Waals surface area contributed by atoms with Crippen molar-refractivity contribution in [2.75, 3.05) is 16.8 Å². The minimum Gasteiger partial charge on any atom is -0.383 e. The van der Waals surface area contributed by atoms with Crippen LogP contribution in [0.25, 0.3) is 0 Å². The van der Waals surface area contributed by atoms with E-state index in [1.807, 2.05) is 30.3 Å². The first-order valence-electron chi connectivity index (χ1n) is 8.58. The summed E-state index contributed by atoms with van der Waals surface area (Å²) in [7, 11) is 0. The molecular weight excluding hydrogens is 396 g/mol. The van der Waals surface area contributed by atoms with E-state index in [1.165, 1.54) is 4.57 Å². The molecule has 0 radical (unpaired) electrons. The molecule has 3 rings (SSSR count). The smallest absolute Gasteiger partial charge is 0.329 e. The van der Waals surface area contributed by atoms with Gasteiger partial charge in [-0.05, 0) is 12.0 Å². The number of hydrogen-bond donors (Lipinski definition) is 4. The molecule has 0 aliphatic rings. The van der Waals surface area contributed by atoms with Gasteiger partial charge in [0.05, 0.1) is 5.75 Å². The zero-order chi connectivity index (χ0) is 20.8. The molecular formula is C18H18N6O4S. The van der Waals surface area contributed by atoms with Gasteiger partial charge in [0.25, 0.3) is 11.1 Å². The van der Waals surface area contributed by atoms with E-state index in [0.29, 0.717) is 6.42 Å². The molecule has 29 heavy (non-hydrogen) atoms. The quantitative estimate of drug-likeness (QED) is 0.317. The molecule has 0 aliphatic heterocycles. The van der Waals surface area contributed by atoms with Gasteiger partial charge in [0, 0.05) is 18.7 Å². The molecule has 0 spiro atoms. The van der Waals surface area contributed by atoms with E-state index in [1.54, 1.807) is 0 Å². The number of anilines is 2. The largest absolute Gasteiger partial charge is 0.383 e. The van der Waals surface area contributed by atoms with Crippen LogP contribution in [0.15, 0.2) is 62.0 Å². The normalized spacial score (nSPS) is 10.6. The zero-order valence-electron chi connectivity index (χ0n) is 15.2. The Morgan fingerprint density at radius 2 is 1.83 bits per heavy atom. The average molecular weight is 414 g/mol. The summed E-state index contributed by atoms with van der Waals surface area (Å²) in [6.45, 7) is 0.270. The number of carbonyl (C=O) groups excluding carboxylic acids is 1. The van der Waals surface area contributed by atoms with Gasteiger partial charge in [-0.2, -0.15) is 0 Å². The number of rotatable bonds is 7. The molecule has 150 valence electrons. The Morgan fingerprint density at radius 1 is 1.10 bits per heavy atom. The highest BCUT2D eigenvalue weighted by atomic mass is 32.2. The molecule has 5 N–H and O–H groups in total. The Hall–Kier alpha value is -3.60. The van der Waals surface area contributed by atoms with Crippen LogP contribution in [0.5, 0.6) is 0 Å². The van der Waals surface area contributed by atoms with Crippen LogP contribution in [-0.2, 0) is 17.8 Å². The molecule has 3 aromatic rings. The number of carbonyl (C=O) groups is 1. The van der Waals surface area contributed by atoms with Gasteiger partial charge in [-0.25, -0.2) is 9.78 Å². The third kappa shape index (κ3) is 5.69. The number of nitrogens with two attached hydrogens (primary N) is 1. The molecule has 0 saturated heterocycles. The maximum atomic E-state index is 12.3. The van der Waals surface area contributed by atoms with E-state index in [4.69, 9.17) is 5.73 Å². The molecule has 2 aromatic heterocycles. The van der Waals surface area contributed by atoms with E-state index < -0.39 is 22.7 Å². The van der Waals surface area contributed by atoms with Crippen LogP contribution in [-0.4, -0.2) is 31.2 Å². The lowest BCUT2D eigenvalue weighted by atomic mass is 10.1. The maximum Gasteiger partial charge on any atom is 0.329 e. The number of nitrogen functional groups attached to an aromatic ring is 1. The summed E-state index contributed by atoms with van der Waals surface area (Å²) in [4.78, 5) is 56.1. The fraction of sp³-hybridized carbons (Fsp3) is 0.167. The Morgan fingerprint density at radius 3 is 2.55 bits per heavy atom. The summed E-state index contributed by atoms with van der Waals surface area (Å²) < 4.78 is 1.29. The number of aromatic amines is 2. The Balaban J connectivity index is 1.71. The highest BCUT2D eigenvalue weighted by Gasteiger charge is 2.11. The highest BCUT2D eigenvalue weighted by molar-refractivity contribution is 7.99. The van der Waals surface area contributed by atoms with Crippen molar-refractivity contribution in [3.63, 3.8) is 0 Å². The predicted octanol–water partition coefficient (Wildman–Crippen LogP) is 0.176. The molecule has 0 fully saturated rings. The van der Waals surface area contributed by atoms with Crippen LogP contribution in [0.2, 0.25) is 0 Å². The maximum absolute atomic E-state index is 12.3. The van der Waals surface area contributed by atoms with E-state index >= 15 is 0 Å². The van der Waals surface area contributed by atoms with E-state index in [0.717, 1.165) is 29.5 Å². The second-order valence-corrected chi connectivity index (χ2v) is 6.99. The summed E-state index contributed by atoms with van der Waals surface area (Å²) in [6, 6.07) is 11.8. The number of benzene rings is 1. The Bertz CT molecular complexity index is 1190. The second-order valence-electron chi connectivity index (χ2n) is 6.02. The number of nitrogens with one attached hydrogen (secondary N) is 3. The fourth-order valence-corrected chi connectivity index (χ4v) is 3.25. The van der Waals surface area contributed by atoms with Crippen LogP contribution in [0, 0.1) is 0 Å². The number of amides is 1. The summed E-state index contributed by atoms with van der Waals surface area (Å²) >= 11 is 0.969. The summed E-state index contributed by atoms with van der Waals surface area (Å²) in [5.74, 6) is -0.444. The first-order chi connectivity index (χ1) is 13.9. The summed E-state index contributed by atoms with van der Waals surface area (Å²) in [6.07, 6.45) is 0.541. The van der Waals surface area contributed by atoms with Crippen molar-refractivity contribution in [1.29, 1.82) is 0 Å². The minimum atomic E-state index is -0.615. The average Bonchev–Trinajstić information content (AvgIpc) is 2.66. The number of H-pyrrole nitrogens is 2. The summed E-state index contributed by atoms with van der Waals surface area (Å²) in [5.41, 5.74) is 4.86. The van der Waals surface area contributed by atoms with Crippen molar-refractivity contribution in [2.45, 2.75) is 18.1 Å². The topological polar surface area (TPSA) is 156 Å². The molecule has 0 aliphatic carbocycles. The van der Waals surface area contributed by atoms with Gasteiger partial charge in [-0.1, -0.05) is 42.1 Å². The molecule has 0 unspecified atom stereocenters. The monoisotopic (exact) mass is 414 g/mol. The van der Waals surface area contributed by atoms with E-state index in [9.17, 15) is 19.2 Å². The lowest BCUT2D eigenvalue weighted by Gasteiger charge is -2.13. The molecule has 0 bridgehead atoms. The van der Waals surface area contributed by atoms with Gasteiger partial charge in [0.15, 0.2) is 5.16 Å². The van der Waals surface area contributed by atoms with Crippen LogP contribution >= 0.6 is 11.8 Å². The first-order valence-corrected chi connectivity index (χ1v) is 9.57. The number of aryl methyl sites for hydroxylation is 1. The zero-order valence-corrected chi connectivity index (χ0v) is 16.0. The van der Waals surface area contributed by atoms with Gasteiger partial charge >= 0.3 is 5.69 Å². The van der Waals surface area contributed by atoms with Crippen LogP contribution < -0.4 is 27.9 Å². The van der Waals surface area contributed by atoms with Gasteiger partial charge in [-0.15, -0.1) is 0 Å². The molecule has 0 saturated carbocycles. The molecule has 11 heteroatoms. The number of aromatic nitrogens is 4. The summed E-state index contributed by atoms with van der Waals surface area (Å²) in [5, 5.41) is 2.75. The van der Waals surface area contributed by atoms with Gasteiger partial charge in [-0.3, -0.25) is 23.9 Å².